The molecule has 0 spiro atoms. The molecule has 0 amide bonds. The maximum atomic E-state index is 11.8. The minimum Gasteiger partial charge on any atom is -0.423 e. The number of hydrogen-bond donors (Lipinski definition) is 0. The molecule has 0 unspecified atom stereocenters. The van der Waals surface area contributed by atoms with Gasteiger partial charge < -0.3 is 8.83 Å². The Hall–Kier alpha value is -4.44. The van der Waals surface area contributed by atoms with Crippen LogP contribution in [-0.2, 0) is 0 Å². The van der Waals surface area contributed by atoms with E-state index in [2.05, 4.69) is 36.4 Å². The fourth-order valence-electron chi connectivity index (χ4n) is 4.90. The Labute approximate surface area is 179 Å². The van der Waals surface area contributed by atoms with E-state index in [1.165, 1.54) is 12.1 Å². The van der Waals surface area contributed by atoms with Gasteiger partial charge in [-0.15, -0.1) is 0 Å². The van der Waals surface area contributed by atoms with Crippen molar-refractivity contribution in [3.05, 3.63) is 106 Å². The van der Waals surface area contributed by atoms with Crippen molar-refractivity contribution in [2.24, 2.45) is 0 Å². The summed E-state index contributed by atoms with van der Waals surface area (Å²) in [5.74, 6) is 0. The van der Waals surface area contributed by atoms with Crippen LogP contribution in [-0.4, -0.2) is 0 Å². The van der Waals surface area contributed by atoms with Crippen molar-refractivity contribution in [2.45, 2.75) is 0 Å². The van der Waals surface area contributed by atoms with Gasteiger partial charge in [-0.05, 0) is 68.0 Å². The highest BCUT2D eigenvalue weighted by Gasteiger charge is 2.13. The molecule has 0 aliphatic heterocycles. The first-order valence-electron chi connectivity index (χ1n) is 10.3. The standard InChI is InChI=1S/C28H14O4/c29-24-11-8-19-13-18-6-5-15-1-3-17-4-2-16-7-10-22-20(9-12-25(30)31-22)26(16)28(17)27(15)21(18)14-23(19)32-24/h1-14H. The summed E-state index contributed by atoms with van der Waals surface area (Å²) < 4.78 is 11.0. The van der Waals surface area contributed by atoms with Crippen LogP contribution in [0.2, 0.25) is 0 Å². The van der Waals surface area contributed by atoms with Gasteiger partial charge >= 0.3 is 11.3 Å². The summed E-state index contributed by atoms with van der Waals surface area (Å²) in [7, 11) is 0. The van der Waals surface area contributed by atoms with E-state index in [1.807, 2.05) is 30.3 Å². The fourth-order valence-corrected chi connectivity index (χ4v) is 4.90. The summed E-state index contributed by atoms with van der Waals surface area (Å²) in [5, 5.41) is 10.3. The van der Waals surface area contributed by atoms with Gasteiger partial charge in [-0.1, -0.05) is 42.5 Å². The van der Waals surface area contributed by atoms with E-state index in [1.54, 1.807) is 6.07 Å². The van der Waals surface area contributed by atoms with Crippen LogP contribution < -0.4 is 11.3 Å². The normalized spacial score (nSPS) is 12.0. The topological polar surface area (TPSA) is 60.4 Å². The lowest BCUT2D eigenvalue weighted by molar-refractivity contribution is 0.561. The second-order valence-electron chi connectivity index (χ2n) is 8.09. The molecule has 0 aliphatic rings. The van der Waals surface area contributed by atoms with Gasteiger partial charge in [0, 0.05) is 28.3 Å². The fraction of sp³-hybridized carbons (Fsp3) is 0. The van der Waals surface area contributed by atoms with Crippen molar-refractivity contribution in [2.75, 3.05) is 0 Å². The Morgan fingerprint density at radius 1 is 0.406 bits per heavy atom. The number of rotatable bonds is 0. The lowest BCUT2D eigenvalue weighted by Gasteiger charge is -2.13. The first kappa shape index (κ1) is 17.3. The van der Waals surface area contributed by atoms with Crippen molar-refractivity contribution < 1.29 is 8.83 Å². The predicted molar refractivity (Wildman–Crippen MR) is 129 cm³/mol. The maximum absolute atomic E-state index is 11.8. The molecule has 0 radical (unpaired) electrons. The van der Waals surface area contributed by atoms with E-state index in [0.717, 1.165) is 53.9 Å². The SMILES string of the molecule is O=c1ccc2cc3ccc4ccc5ccc6ccc7oc(=O)ccc7c6c5c4c3cc2o1. The monoisotopic (exact) mass is 414 g/mol. The van der Waals surface area contributed by atoms with Crippen LogP contribution in [0.5, 0.6) is 0 Å². The van der Waals surface area contributed by atoms with Crippen LogP contribution in [0.1, 0.15) is 0 Å². The summed E-state index contributed by atoms with van der Waals surface area (Å²) in [5.41, 5.74) is 0.388. The second kappa shape index (κ2) is 6.05. The van der Waals surface area contributed by atoms with Crippen LogP contribution in [0, 0.1) is 0 Å². The quantitative estimate of drug-likeness (QED) is 0.161. The molecule has 0 atom stereocenters. The zero-order chi connectivity index (χ0) is 21.4. The Kier molecular flexibility index (Phi) is 3.26. The molecule has 2 heterocycles. The van der Waals surface area contributed by atoms with Crippen LogP contribution >= 0.6 is 0 Å². The molecule has 0 bridgehead atoms. The molecular formula is C28H14O4. The zero-order valence-electron chi connectivity index (χ0n) is 16.7. The van der Waals surface area contributed by atoms with Crippen molar-refractivity contribution in [3.8, 4) is 0 Å². The van der Waals surface area contributed by atoms with E-state index < -0.39 is 0 Å². The van der Waals surface area contributed by atoms with Crippen molar-refractivity contribution >= 4 is 65.0 Å². The van der Waals surface area contributed by atoms with E-state index in [-0.39, 0.29) is 11.3 Å². The third-order valence-electron chi connectivity index (χ3n) is 6.30. The van der Waals surface area contributed by atoms with Gasteiger partial charge in [0.15, 0.2) is 0 Å². The third kappa shape index (κ3) is 2.32. The van der Waals surface area contributed by atoms with Crippen LogP contribution in [0.4, 0.5) is 0 Å². The van der Waals surface area contributed by atoms with Crippen LogP contribution in [0.25, 0.3) is 65.0 Å². The van der Waals surface area contributed by atoms with Crippen molar-refractivity contribution in [1.82, 2.24) is 0 Å². The molecule has 7 rings (SSSR count). The van der Waals surface area contributed by atoms with Crippen LogP contribution in [0.15, 0.2) is 103 Å². The highest BCUT2D eigenvalue weighted by molar-refractivity contribution is 6.32. The highest BCUT2D eigenvalue weighted by atomic mass is 16.4. The predicted octanol–water partition coefficient (Wildman–Crippen LogP) is 6.51. The average molecular weight is 414 g/mol. The minimum atomic E-state index is -0.367. The summed E-state index contributed by atoms with van der Waals surface area (Å²) in [6.07, 6.45) is 0. The van der Waals surface area contributed by atoms with E-state index >= 15 is 0 Å². The molecule has 0 aliphatic carbocycles. The number of benzene rings is 5. The average Bonchev–Trinajstić information content (AvgIpc) is 2.81. The van der Waals surface area contributed by atoms with Gasteiger partial charge in [-0.25, -0.2) is 9.59 Å². The molecular weight excluding hydrogens is 400 g/mol. The largest absolute Gasteiger partial charge is 0.423 e. The van der Waals surface area contributed by atoms with Crippen LogP contribution in [0.3, 0.4) is 0 Å². The van der Waals surface area contributed by atoms with Gasteiger partial charge in [0.2, 0.25) is 0 Å². The van der Waals surface area contributed by atoms with Gasteiger partial charge in [-0.3, -0.25) is 0 Å². The molecule has 0 saturated heterocycles. The molecule has 32 heavy (non-hydrogen) atoms. The minimum absolute atomic E-state index is 0.367. The smallest absolute Gasteiger partial charge is 0.336 e. The molecule has 4 nitrogen and oxygen atoms in total. The lowest BCUT2D eigenvalue weighted by Crippen LogP contribution is -1.95. The highest BCUT2D eigenvalue weighted by Crippen LogP contribution is 2.39. The van der Waals surface area contributed by atoms with E-state index in [4.69, 9.17) is 8.83 Å². The second-order valence-corrected chi connectivity index (χ2v) is 8.09. The van der Waals surface area contributed by atoms with Gasteiger partial charge in [-0.2, -0.15) is 0 Å². The van der Waals surface area contributed by atoms with E-state index in [9.17, 15) is 9.59 Å². The summed E-state index contributed by atoms with van der Waals surface area (Å²) >= 11 is 0. The van der Waals surface area contributed by atoms with Crippen molar-refractivity contribution in [3.63, 3.8) is 0 Å². The molecule has 150 valence electrons. The van der Waals surface area contributed by atoms with Gasteiger partial charge in [0.25, 0.3) is 0 Å². The summed E-state index contributed by atoms with van der Waals surface area (Å²) in [6.45, 7) is 0. The molecule has 2 aromatic heterocycles. The summed E-state index contributed by atoms with van der Waals surface area (Å²) in [4.78, 5) is 23.7. The maximum Gasteiger partial charge on any atom is 0.336 e. The molecule has 7 aromatic rings. The number of fused-ring (bicyclic) bond motifs is 10. The van der Waals surface area contributed by atoms with Gasteiger partial charge in [0.05, 0.1) is 0 Å². The van der Waals surface area contributed by atoms with E-state index in [0.29, 0.717) is 11.2 Å². The lowest BCUT2D eigenvalue weighted by atomic mass is 9.91. The molecule has 4 heteroatoms. The molecule has 0 N–H and O–H groups in total. The zero-order valence-corrected chi connectivity index (χ0v) is 16.7. The molecule has 5 aromatic carbocycles. The van der Waals surface area contributed by atoms with Gasteiger partial charge in [0.1, 0.15) is 11.2 Å². The number of hydrogen-bond acceptors (Lipinski definition) is 4. The Bertz CT molecular complexity index is 2020. The summed E-state index contributed by atoms with van der Waals surface area (Å²) in [6, 6.07) is 27.0. The Morgan fingerprint density at radius 3 is 1.69 bits per heavy atom. The van der Waals surface area contributed by atoms with Crippen molar-refractivity contribution in [1.29, 1.82) is 0 Å². The molecule has 0 saturated carbocycles. The Balaban J connectivity index is 1.81. The molecule has 0 fully saturated rings. The first-order chi connectivity index (χ1) is 15.7. The first-order valence-corrected chi connectivity index (χ1v) is 10.3. The third-order valence-corrected chi connectivity index (χ3v) is 6.30. The Morgan fingerprint density at radius 2 is 0.938 bits per heavy atom.